The summed E-state index contributed by atoms with van der Waals surface area (Å²) in [6, 6.07) is 16.9. The van der Waals surface area contributed by atoms with Gasteiger partial charge in [0.05, 0.1) is 11.7 Å². The molecule has 1 aliphatic heterocycles. The van der Waals surface area contributed by atoms with Gasteiger partial charge in [-0.1, -0.05) is 24.3 Å². The van der Waals surface area contributed by atoms with Gasteiger partial charge in [0, 0.05) is 37.0 Å². The van der Waals surface area contributed by atoms with Crippen LogP contribution >= 0.6 is 0 Å². The van der Waals surface area contributed by atoms with E-state index in [0.717, 1.165) is 61.4 Å². The van der Waals surface area contributed by atoms with E-state index in [4.69, 9.17) is 0 Å². The molecule has 1 aliphatic carbocycles. The van der Waals surface area contributed by atoms with Crippen molar-refractivity contribution in [3.8, 4) is 11.3 Å². The van der Waals surface area contributed by atoms with Crippen LogP contribution in [0.1, 0.15) is 36.4 Å². The van der Waals surface area contributed by atoms with Crippen molar-refractivity contribution in [2.75, 3.05) is 18.0 Å². The molecule has 6 rings (SSSR count). The normalized spacial score (nSPS) is 18.3. The Morgan fingerprint density at radius 3 is 2.65 bits per heavy atom. The van der Waals surface area contributed by atoms with Gasteiger partial charge >= 0.3 is 0 Å². The molecule has 172 valence electrons. The molecule has 0 bridgehead atoms. The summed E-state index contributed by atoms with van der Waals surface area (Å²) in [5.74, 6) is 0.782. The lowest BCUT2D eigenvalue weighted by molar-refractivity contribution is -0.126. The zero-order valence-corrected chi connectivity index (χ0v) is 18.8. The third-order valence-corrected chi connectivity index (χ3v) is 7.12. The number of aryl methyl sites for hydroxylation is 1. The van der Waals surface area contributed by atoms with Gasteiger partial charge < -0.3 is 10.2 Å². The molecule has 0 radical (unpaired) electrons. The molecule has 1 atom stereocenters. The Bertz CT molecular complexity index is 1340. The second-order valence-electron chi connectivity index (χ2n) is 9.18. The lowest BCUT2D eigenvalue weighted by Crippen LogP contribution is -2.41. The second-order valence-corrected chi connectivity index (χ2v) is 9.18. The Labute approximate surface area is 197 Å². The van der Waals surface area contributed by atoms with Gasteiger partial charge in [0.25, 0.3) is 0 Å². The van der Waals surface area contributed by atoms with Crippen molar-refractivity contribution in [2.24, 2.45) is 5.92 Å². The maximum Gasteiger partial charge on any atom is 0.223 e. The van der Waals surface area contributed by atoms with E-state index in [-0.39, 0.29) is 23.7 Å². The molecule has 34 heavy (non-hydrogen) atoms. The third kappa shape index (κ3) is 3.81. The highest BCUT2D eigenvalue weighted by Crippen LogP contribution is 2.32. The number of hydrogen-bond acceptors (Lipinski definition) is 4. The molecule has 0 saturated carbocycles. The number of nitrogens with zero attached hydrogens (tertiary/aromatic N) is 4. The van der Waals surface area contributed by atoms with Crippen molar-refractivity contribution in [3.63, 3.8) is 0 Å². The van der Waals surface area contributed by atoms with Gasteiger partial charge in [0.15, 0.2) is 5.82 Å². The van der Waals surface area contributed by atoms with Gasteiger partial charge in [0.2, 0.25) is 5.91 Å². The predicted octanol–water partition coefficient (Wildman–Crippen LogP) is 4.56. The maximum atomic E-state index is 13.3. The van der Waals surface area contributed by atoms with Gasteiger partial charge in [-0.05, 0) is 67.1 Å². The Balaban J connectivity index is 1.15. The number of aromatic nitrogens is 3. The van der Waals surface area contributed by atoms with Crippen LogP contribution in [-0.4, -0.2) is 33.6 Å². The monoisotopic (exact) mass is 455 g/mol. The molecule has 2 aromatic heterocycles. The largest absolute Gasteiger partial charge is 0.355 e. The number of nitrogens with one attached hydrogen (secondary N) is 1. The first kappa shape index (κ1) is 20.8. The highest BCUT2D eigenvalue weighted by molar-refractivity contribution is 5.80. The van der Waals surface area contributed by atoms with Crippen molar-refractivity contribution in [1.82, 2.24) is 19.9 Å². The minimum absolute atomic E-state index is 0.0171. The molecule has 2 aromatic carbocycles. The molecule has 3 heterocycles. The number of carbonyl (C=O) groups excluding carboxylic acids is 1. The fraction of sp³-hybridized carbons (Fsp3) is 0.296. The van der Waals surface area contributed by atoms with Crippen LogP contribution in [0.5, 0.6) is 0 Å². The fourth-order valence-electron chi connectivity index (χ4n) is 5.26. The summed E-state index contributed by atoms with van der Waals surface area (Å²) in [5, 5.41) is 7.95. The van der Waals surface area contributed by atoms with Crippen LogP contribution in [-0.2, 0) is 11.2 Å². The first-order valence-electron chi connectivity index (χ1n) is 11.9. The van der Waals surface area contributed by atoms with E-state index in [1.807, 2.05) is 22.8 Å². The van der Waals surface area contributed by atoms with Crippen LogP contribution in [0.2, 0.25) is 0 Å². The SMILES string of the molecule is O=C(NC1CCc2ccccc21)C1CCN(c2nccn3nc(-c4ccc(F)cc4)cc23)CC1. The van der Waals surface area contributed by atoms with E-state index in [0.29, 0.717) is 0 Å². The van der Waals surface area contributed by atoms with Crippen molar-refractivity contribution < 1.29 is 9.18 Å². The highest BCUT2D eigenvalue weighted by Gasteiger charge is 2.30. The van der Waals surface area contributed by atoms with E-state index in [9.17, 15) is 9.18 Å². The summed E-state index contributed by atoms with van der Waals surface area (Å²) in [6.45, 7) is 1.53. The van der Waals surface area contributed by atoms with Gasteiger partial charge in [-0.25, -0.2) is 13.9 Å². The third-order valence-electron chi connectivity index (χ3n) is 7.12. The van der Waals surface area contributed by atoms with Gasteiger partial charge in [0.1, 0.15) is 11.3 Å². The van der Waals surface area contributed by atoms with E-state index < -0.39 is 0 Å². The van der Waals surface area contributed by atoms with Crippen LogP contribution in [0.25, 0.3) is 16.8 Å². The standard InChI is InChI=1S/C27H26FN5O/c28-21-8-5-19(6-9-21)24-17-25-26(29-13-16-33(25)31-24)32-14-11-20(12-15-32)27(34)30-23-10-7-18-3-1-2-4-22(18)23/h1-6,8-9,13,16-17,20,23H,7,10-12,14-15H2,(H,30,34). The lowest BCUT2D eigenvalue weighted by atomic mass is 9.95. The van der Waals surface area contributed by atoms with Crippen molar-refractivity contribution in [2.45, 2.75) is 31.7 Å². The molecule has 0 spiro atoms. The maximum absolute atomic E-state index is 13.3. The van der Waals surface area contributed by atoms with Crippen LogP contribution in [0.3, 0.4) is 0 Å². The minimum Gasteiger partial charge on any atom is -0.355 e. The number of halogens is 1. The number of amides is 1. The summed E-state index contributed by atoms with van der Waals surface area (Å²) in [5.41, 5.74) is 5.16. The van der Waals surface area contributed by atoms with Gasteiger partial charge in [-0.2, -0.15) is 5.10 Å². The Morgan fingerprint density at radius 1 is 1.03 bits per heavy atom. The highest BCUT2D eigenvalue weighted by atomic mass is 19.1. The van der Waals surface area contributed by atoms with E-state index in [1.165, 1.54) is 23.3 Å². The average molecular weight is 456 g/mol. The van der Waals surface area contributed by atoms with E-state index in [2.05, 4.69) is 38.5 Å². The summed E-state index contributed by atoms with van der Waals surface area (Å²) >= 11 is 0. The number of piperidine rings is 1. The summed E-state index contributed by atoms with van der Waals surface area (Å²) in [7, 11) is 0. The first-order chi connectivity index (χ1) is 16.7. The topological polar surface area (TPSA) is 62.5 Å². The molecule has 1 unspecified atom stereocenters. The molecule has 6 nitrogen and oxygen atoms in total. The summed E-state index contributed by atoms with van der Waals surface area (Å²) in [4.78, 5) is 19.9. The fourth-order valence-corrected chi connectivity index (χ4v) is 5.26. The Hall–Kier alpha value is -3.74. The number of carbonyl (C=O) groups is 1. The summed E-state index contributed by atoms with van der Waals surface area (Å²) in [6.07, 6.45) is 7.17. The number of fused-ring (bicyclic) bond motifs is 2. The van der Waals surface area contributed by atoms with Crippen LogP contribution in [0, 0.1) is 11.7 Å². The molecule has 1 fully saturated rings. The van der Waals surface area contributed by atoms with Crippen LogP contribution < -0.4 is 10.2 Å². The molecule has 2 aliphatic rings. The van der Waals surface area contributed by atoms with Crippen LogP contribution in [0.15, 0.2) is 67.0 Å². The first-order valence-corrected chi connectivity index (χ1v) is 11.9. The van der Waals surface area contributed by atoms with E-state index in [1.54, 1.807) is 18.3 Å². The lowest BCUT2D eigenvalue weighted by Gasteiger charge is -2.33. The predicted molar refractivity (Wildman–Crippen MR) is 129 cm³/mol. The van der Waals surface area contributed by atoms with Gasteiger partial charge in [-0.15, -0.1) is 0 Å². The second kappa shape index (κ2) is 8.56. The minimum atomic E-state index is -0.265. The number of rotatable bonds is 4. The van der Waals surface area contributed by atoms with Gasteiger partial charge in [-0.3, -0.25) is 4.79 Å². The summed E-state index contributed by atoms with van der Waals surface area (Å²) < 4.78 is 15.1. The zero-order chi connectivity index (χ0) is 23.1. The van der Waals surface area contributed by atoms with Crippen LogP contribution in [0.4, 0.5) is 10.2 Å². The molecule has 1 saturated heterocycles. The number of anilines is 1. The molecule has 4 aromatic rings. The number of benzene rings is 2. The molecular weight excluding hydrogens is 429 g/mol. The quantitative estimate of drug-likeness (QED) is 0.490. The van der Waals surface area contributed by atoms with Crippen molar-refractivity contribution >= 4 is 17.2 Å². The Morgan fingerprint density at radius 2 is 1.82 bits per heavy atom. The molecule has 1 amide bonds. The van der Waals surface area contributed by atoms with E-state index >= 15 is 0 Å². The molecule has 7 heteroatoms. The average Bonchev–Trinajstić information content (AvgIpc) is 3.49. The Kier molecular flexibility index (Phi) is 5.24. The molecular formula is C27H26FN5O. The number of hydrogen-bond donors (Lipinski definition) is 1. The smallest absolute Gasteiger partial charge is 0.223 e. The van der Waals surface area contributed by atoms with Crippen molar-refractivity contribution in [1.29, 1.82) is 0 Å². The van der Waals surface area contributed by atoms with Crippen molar-refractivity contribution in [3.05, 3.63) is 83.9 Å². The molecule has 1 N–H and O–H groups in total. The zero-order valence-electron chi connectivity index (χ0n) is 18.8.